The first kappa shape index (κ1) is 35.1. The van der Waals surface area contributed by atoms with Crippen LogP contribution < -0.4 is 14.4 Å². The highest BCUT2D eigenvalue weighted by Gasteiger charge is 2.45. The highest BCUT2D eigenvalue weighted by molar-refractivity contribution is 5.83. The maximum atomic E-state index is 12.6. The molecular weight excluding hydrogens is 672 g/mol. The molecule has 4 aromatic rings. The number of rotatable bonds is 9. The van der Waals surface area contributed by atoms with Gasteiger partial charge in [-0.15, -0.1) is 0 Å². The molecule has 2 bridgehead atoms. The Kier molecular flexibility index (Phi) is 9.32. The molecular formula is C39H48N10O4. The summed E-state index contributed by atoms with van der Waals surface area (Å²) in [5.74, 6) is 2.14. The Balaban J connectivity index is 0.877. The van der Waals surface area contributed by atoms with Gasteiger partial charge in [-0.2, -0.15) is 10.4 Å². The van der Waals surface area contributed by atoms with Gasteiger partial charge in [-0.25, -0.2) is 19.3 Å². The van der Waals surface area contributed by atoms with Gasteiger partial charge in [-0.1, -0.05) is 6.07 Å². The van der Waals surface area contributed by atoms with Crippen LogP contribution in [0.3, 0.4) is 0 Å². The fourth-order valence-corrected chi connectivity index (χ4v) is 8.41. The van der Waals surface area contributed by atoms with Crippen molar-refractivity contribution in [3.05, 3.63) is 60.3 Å². The third-order valence-electron chi connectivity index (χ3n) is 11.3. The number of piperidine rings is 2. The summed E-state index contributed by atoms with van der Waals surface area (Å²) in [6.07, 6.45) is 13.0. The number of anilines is 1. The zero-order valence-corrected chi connectivity index (χ0v) is 31.1. The van der Waals surface area contributed by atoms with E-state index >= 15 is 0 Å². The number of hydrogen-bond donors (Lipinski definition) is 0. The van der Waals surface area contributed by atoms with Crippen molar-refractivity contribution in [2.75, 3.05) is 64.4 Å². The van der Waals surface area contributed by atoms with Crippen molar-refractivity contribution in [1.82, 2.24) is 39.3 Å². The van der Waals surface area contributed by atoms with Crippen molar-refractivity contribution in [3.63, 3.8) is 0 Å². The fraction of sp³-hybridized carbons (Fsp3) is 0.538. The summed E-state index contributed by atoms with van der Waals surface area (Å²) in [6, 6.07) is 9.13. The lowest BCUT2D eigenvalue weighted by Crippen LogP contribution is -2.68. The van der Waals surface area contributed by atoms with E-state index in [1.165, 1.54) is 12.0 Å². The van der Waals surface area contributed by atoms with E-state index in [0.717, 1.165) is 83.0 Å². The minimum absolute atomic E-state index is 0.174. The van der Waals surface area contributed by atoms with Gasteiger partial charge in [-0.05, 0) is 76.6 Å². The summed E-state index contributed by atoms with van der Waals surface area (Å²) in [4.78, 5) is 35.9. The van der Waals surface area contributed by atoms with E-state index in [9.17, 15) is 10.1 Å². The van der Waals surface area contributed by atoms with Crippen molar-refractivity contribution in [3.8, 4) is 29.0 Å². The molecule has 0 saturated carbocycles. The maximum Gasteiger partial charge on any atom is 0.410 e. The summed E-state index contributed by atoms with van der Waals surface area (Å²) in [5, 5.41) is 14.3. The van der Waals surface area contributed by atoms with Gasteiger partial charge in [0.2, 0.25) is 5.88 Å². The first-order chi connectivity index (χ1) is 25.6. The van der Waals surface area contributed by atoms with Gasteiger partial charge < -0.3 is 24.0 Å². The number of pyridine rings is 2. The second kappa shape index (κ2) is 14.1. The molecule has 0 radical (unpaired) electrons. The second-order valence-corrected chi connectivity index (χ2v) is 16.0. The minimum atomic E-state index is -0.482. The van der Waals surface area contributed by atoms with E-state index in [-0.39, 0.29) is 11.5 Å². The first-order valence-corrected chi connectivity index (χ1v) is 18.7. The minimum Gasteiger partial charge on any atom is -0.491 e. The van der Waals surface area contributed by atoms with E-state index in [1.54, 1.807) is 24.0 Å². The van der Waals surface area contributed by atoms with Crippen LogP contribution in [0.1, 0.15) is 57.6 Å². The molecule has 4 aromatic heterocycles. The largest absolute Gasteiger partial charge is 0.491 e. The fourth-order valence-electron chi connectivity index (χ4n) is 8.41. The van der Waals surface area contributed by atoms with Crippen LogP contribution in [0.25, 0.3) is 16.8 Å². The first-order valence-electron chi connectivity index (χ1n) is 18.7. The summed E-state index contributed by atoms with van der Waals surface area (Å²) in [5.41, 5.74) is 3.45. The molecule has 2 atom stereocenters. The summed E-state index contributed by atoms with van der Waals surface area (Å²) in [7, 11) is 1.63. The Morgan fingerprint density at radius 1 is 1.02 bits per heavy atom. The highest BCUT2D eigenvalue weighted by Crippen LogP contribution is 2.41. The number of likely N-dealkylation sites (tertiary alicyclic amines) is 2. The molecule has 278 valence electrons. The van der Waals surface area contributed by atoms with Gasteiger partial charge in [0.25, 0.3) is 0 Å². The predicted octanol–water partition coefficient (Wildman–Crippen LogP) is 4.63. The Hall–Kier alpha value is -5.00. The molecule has 0 N–H and O–H groups in total. The van der Waals surface area contributed by atoms with Gasteiger partial charge in [-0.3, -0.25) is 14.8 Å². The van der Waals surface area contributed by atoms with Crippen LogP contribution in [0, 0.1) is 16.7 Å². The van der Waals surface area contributed by atoms with Gasteiger partial charge in [0.1, 0.15) is 29.8 Å². The molecule has 5 aliphatic rings. The number of fused-ring (bicyclic) bond motifs is 3. The highest BCUT2D eigenvalue weighted by atomic mass is 16.6. The number of carbonyl (C=O) groups is 1. The van der Waals surface area contributed by atoms with E-state index in [4.69, 9.17) is 24.2 Å². The number of hydrogen-bond acceptors (Lipinski definition) is 12. The molecule has 9 heterocycles. The zero-order chi connectivity index (χ0) is 36.7. The van der Waals surface area contributed by atoms with E-state index in [1.807, 2.05) is 56.4 Å². The molecule has 5 fully saturated rings. The number of piperazine rings is 1. The number of carbonyl (C=O) groups excluding carboxylic acids is 1. The molecule has 5 saturated heterocycles. The molecule has 5 aliphatic heterocycles. The van der Waals surface area contributed by atoms with Crippen LogP contribution in [-0.4, -0.2) is 123 Å². The summed E-state index contributed by atoms with van der Waals surface area (Å²) < 4.78 is 18.8. The number of aromatic nitrogens is 5. The van der Waals surface area contributed by atoms with Crippen molar-refractivity contribution in [2.24, 2.45) is 5.41 Å². The van der Waals surface area contributed by atoms with Gasteiger partial charge >= 0.3 is 6.09 Å². The smallest absolute Gasteiger partial charge is 0.410 e. The molecule has 53 heavy (non-hydrogen) atoms. The molecule has 14 nitrogen and oxygen atoms in total. The lowest BCUT2D eigenvalue weighted by Gasteiger charge is -2.56. The lowest BCUT2D eigenvalue weighted by molar-refractivity contribution is -0.00879. The van der Waals surface area contributed by atoms with E-state index < -0.39 is 5.60 Å². The SMILES string of the molecule is COc1ccc(CN2C3CC2CN(c2cnc(-c4cc(OCCN5CCC6(CC5)CCN(C(=O)OC(C)(C)C)C6)cn5ncc(C#N)c45)cn2)C3)cn1. The molecule has 0 aromatic carbocycles. The topological polar surface area (TPSA) is 137 Å². The van der Waals surface area contributed by atoms with Crippen LogP contribution in [-0.2, 0) is 11.3 Å². The molecule has 0 aliphatic carbocycles. The maximum absolute atomic E-state index is 12.6. The normalized spacial score (nSPS) is 21.4. The average Bonchev–Trinajstić information content (AvgIpc) is 3.78. The number of nitriles is 1. The lowest BCUT2D eigenvalue weighted by atomic mass is 9.78. The van der Waals surface area contributed by atoms with Gasteiger partial charge in [0.05, 0.1) is 48.7 Å². The third kappa shape index (κ3) is 7.32. The Labute approximate surface area is 310 Å². The zero-order valence-electron chi connectivity index (χ0n) is 31.1. The van der Waals surface area contributed by atoms with E-state index in [0.29, 0.717) is 47.1 Å². The Morgan fingerprint density at radius 2 is 1.81 bits per heavy atom. The van der Waals surface area contributed by atoms with Gasteiger partial charge in [0, 0.05) is 69.2 Å². The van der Waals surface area contributed by atoms with Crippen LogP contribution >= 0.6 is 0 Å². The van der Waals surface area contributed by atoms with Gasteiger partial charge in [0.15, 0.2) is 0 Å². The molecule has 14 heteroatoms. The standard InChI is InChI=1S/C39H48N10O4/c1-38(2,3)53-37(50)46-12-9-39(26-46)7-10-45(11-8-39)13-14-52-31-16-32(36-28(17-40)19-44-49(36)25-31)33-20-42-34(21-41-33)47-23-29-15-30(24-47)48(29)22-27-5-6-35(51-4)43-18-27/h5-6,16,18-21,25,29-30H,7-15,22-24,26H2,1-4H3. The van der Waals surface area contributed by atoms with Crippen LogP contribution in [0.2, 0.25) is 0 Å². The number of amides is 1. The van der Waals surface area contributed by atoms with Crippen LogP contribution in [0.15, 0.2) is 49.2 Å². The molecule has 1 spiro atoms. The van der Waals surface area contributed by atoms with E-state index in [2.05, 4.69) is 36.9 Å². The van der Waals surface area contributed by atoms with Crippen molar-refractivity contribution in [1.29, 1.82) is 5.26 Å². The Bertz CT molecular complexity index is 1970. The molecule has 2 unspecified atom stereocenters. The molecule has 1 amide bonds. The monoisotopic (exact) mass is 720 g/mol. The summed E-state index contributed by atoms with van der Waals surface area (Å²) in [6.45, 7) is 13.2. The quantitative estimate of drug-likeness (QED) is 0.238. The third-order valence-corrected chi connectivity index (χ3v) is 11.3. The number of nitrogens with zero attached hydrogens (tertiary/aromatic N) is 10. The number of ether oxygens (including phenoxy) is 3. The molecule has 9 rings (SSSR count). The second-order valence-electron chi connectivity index (χ2n) is 16.0. The van der Waals surface area contributed by atoms with Crippen LogP contribution in [0.4, 0.5) is 10.6 Å². The number of methoxy groups -OCH3 is 1. The average molecular weight is 721 g/mol. The summed E-state index contributed by atoms with van der Waals surface area (Å²) >= 11 is 0. The Morgan fingerprint density at radius 3 is 2.49 bits per heavy atom. The predicted molar refractivity (Wildman–Crippen MR) is 198 cm³/mol. The van der Waals surface area contributed by atoms with Crippen molar-refractivity contribution >= 4 is 17.4 Å². The van der Waals surface area contributed by atoms with Crippen LogP contribution in [0.5, 0.6) is 11.6 Å². The van der Waals surface area contributed by atoms with Crippen molar-refractivity contribution < 1.29 is 19.0 Å². The van der Waals surface area contributed by atoms with Crippen molar-refractivity contribution in [2.45, 2.75) is 70.7 Å².